The van der Waals surface area contributed by atoms with Gasteiger partial charge in [-0.15, -0.1) is 0 Å². The fourth-order valence-corrected chi connectivity index (χ4v) is 2.72. The standard InChI is InChI=1S/C11H22N2OS/c1-9(2)4-6-15-8-11(14)13-5-3-10(12)7-13/h9-10H,3-8,12H2,1-2H3/t10-/m1/s1. The lowest BCUT2D eigenvalue weighted by Crippen LogP contribution is -2.33. The van der Waals surface area contributed by atoms with Gasteiger partial charge < -0.3 is 10.6 Å². The molecule has 0 unspecified atom stereocenters. The van der Waals surface area contributed by atoms with Crippen molar-refractivity contribution in [1.29, 1.82) is 0 Å². The third kappa shape index (κ3) is 4.89. The van der Waals surface area contributed by atoms with Crippen LogP contribution < -0.4 is 5.73 Å². The summed E-state index contributed by atoms with van der Waals surface area (Å²) in [5.74, 6) is 2.70. The Labute approximate surface area is 96.8 Å². The van der Waals surface area contributed by atoms with Crippen molar-refractivity contribution in [2.45, 2.75) is 32.7 Å². The van der Waals surface area contributed by atoms with Gasteiger partial charge in [0.2, 0.25) is 5.91 Å². The molecule has 1 fully saturated rings. The molecule has 15 heavy (non-hydrogen) atoms. The van der Waals surface area contributed by atoms with Crippen LogP contribution in [0.5, 0.6) is 0 Å². The molecule has 1 rings (SSSR count). The van der Waals surface area contributed by atoms with E-state index in [1.54, 1.807) is 11.8 Å². The van der Waals surface area contributed by atoms with Crippen LogP contribution in [0.15, 0.2) is 0 Å². The number of nitrogens with two attached hydrogens (primary N) is 1. The van der Waals surface area contributed by atoms with Crippen LogP contribution in [0, 0.1) is 5.92 Å². The summed E-state index contributed by atoms with van der Waals surface area (Å²) in [6.45, 7) is 6.03. The van der Waals surface area contributed by atoms with Crippen molar-refractivity contribution in [1.82, 2.24) is 4.90 Å². The van der Waals surface area contributed by atoms with Gasteiger partial charge in [-0.2, -0.15) is 11.8 Å². The van der Waals surface area contributed by atoms with E-state index >= 15 is 0 Å². The number of nitrogens with zero attached hydrogens (tertiary/aromatic N) is 1. The number of amides is 1. The molecule has 0 spiro atoms. The third-order valence-electron chi connectivity index (χ3n) is 2.64. The van der Waals surface area contributed by atoms with Crippen LogP contribution in [0.2, 0.25) is 0 Å². The van der Waals surface area contributed by atoms with Crippen molar-refractivity contribution in [2.75, 3.05) is 24.6 Å². The van der Waals surface area contributed by atoms with E-state index < -0.39 is 0 Å². The number of thioether (sulfide) groups is 1. The molecule has 0 aromatic heterocycles. The second-order valence-corrected chi connectivity index (χ2v) is 5.73. The second kappa shape index (κ2) is 6.38. The molecule has 88 valence electrons. The van der Waals surface area contributed by atoms with Gasteiger partial charge in [0.1, 0.15) is 0 Å². The van der Waals surface area contributed by atoms with E-state index in [9.17, 15) is 4.79 Å². The highest BCUT2D eigenvalue weighted by molar-refractivity contribution is 7.99. The average Bonchev–Trinajstić information content (AvgIpc) is 2.59. The molecule has 1 saturated heterocycles. The molecule has 1 heterocycles. The van der Waals surface area contributed by atoms with E-state index in [0.717, 1.165) is 31.2 Å². The predicted octanol–water partition coefficient (Wildman–Crippen LogP) is 1.33. The minimum atomic E-state index is 0.203. The van der Waals surface area contributed by atoms with Crippen LogP contribution in [-0.2, 0) is 4.79 Å². The van der Waals surface area contributed by atoms with E-state index in [4.69, 9.17) is 5.73 Å². The molecule has 3 nitrogen and oxygen atoms in total. The Bertz CT molecular complexity index is 209. The lowest BCUT2D eigenvalue weighted by atomic mass is 10.2. The van der Waals surface area contributed by atoms with Gasteiger partial charge in [-0.3, -0.25) is 4.79 Å². The van der Waals surface area contributed by atoms with Gasteiger partial charge in [0.25, 0.3) is 0 Å². The molecule has 0 aromatic carbocycles. The Hall–Kier alpha value is -0.220. The molecule has 2 N–H and O–H groups in total. The number of rotatable bonds is 5. The van der Waals surface area contributed by atoms with Crippen molar-refractivity contribution >= 4 is 17.7 Å². The molecular formula is C11H22N2OS. The number of hydrogen-bond acceptors (Lipinski definition) is 3. The summed E-state index contributed by atoms with van der Waals surface area (Å²) in [7, 11) is 0. The minimum absolute atomic E-state index is 0.203. The molecule has 1 atom stereocenters. The zero-order chi connectivity index (χ0) is 11.3. The first-order chi connectivity index (χ1) is 7.09. The molecule has 1 aliphatic heterocycles. The van der Waals surface area contributed by atoms with Gasteiger partial charge >= 0.3 is 0 Å². The van der Waals surface area contributed by atoms with Crippen LogP contribution in [0.3, 0.4) is 0 Å². The maximum atomic E-state index is 11.7. The summed E-state index contributed by atoms with van der Waals surface area (Å²) in [6, 6.07) is 0.203. The Morgan fingerprint density at radius 2 is 2.33 bits per heavy atom. The fourth-order valence-electron chi connectivity index (χ4n) is 1.58. The fraction of sp³-hybridized carbons (Fsp3) is 0.909. The van der Waals surface area contributed by atoms with Gasteiger partial charge in [0, 0.05) is 19.1 Å². The van der Waals surface area contributed by atoms with Crippen molar-refractivity contribution in [3.8, 4) is 0 Å². The Morgan fingerprint density at radius 1 is 1.60 bits per heavy atom. The zero-order valence-corrected chi connectivity index (χ0v) is 10.6. The van der Waals surface area contributed by atoms with Gasteiger partial charge in [-0.1, -0.05) is 13.8 Å². The van der Waals surface area contributed by atoms with Crippen LogP contribution in [0.1, 0.15) is 26.7 Å². The first kappa shape index (κ1) is 12.8. The van der Waals surface area contributed by atoms with Gasteiger partial charge in [0.15, 0.2) is 0 Å². The highest BCUT2D eigenvalue weighted by Gasteiger charge is 2.22. The topological polar surface area (TPSA) is 46.3 Å². The Kier molecular flexibility index (Phi) is 5.47. The normalized spacial score (nSPS) is 21.3. The SMILES string of the molecule is CC(C)CCSCC(=O)N1CC[C@@H](N)C1. The Morgan fingerprint density at radius 3 is 2.87 bits per heavy atom. The summed E-state index contributed by atoms with van der Waals surface area (Å²) in [4.78, 5) is 13.6. The lowest BCUT2D eigenvalue weighted by molar-refractivity contribution is -0.127. The van der Waals surface area contributed by atoms with Crippen LogP contribution >= 0.6 is 11.8 Å². The Balaban J connectivity index is 2.08. The van der Waals surface area contributed by atoms with E-state index in [1.165, 1.54) is 6.42 Å². The quantitative estimate of drug-likeness (QED) is 0.725. The monoisotopic (exact) mass is 230 g/mol. The molecule has 0 bridgehead atoms. The number of hydrogen-bond donors (Lipinski definition) is 1. The van der Waals surface area contributed by atoms with Gasteiger partial charge in [-0.25, -0.2) is 0 Å². The van der Waals surface area contributed by atoms with Crippen molar-refractivity contribution < 1.29 is 4.79 Å². The summed E-state index contributed by atoms with van der Waals surface area (Å²) in [6.07, 6.45) is 2.15. The predicted molar refractivity (Wildman–Crippen MR) is 66.0 cm³/mol. The number of carbonyl (C=O) groups excluding carboxylic acids is 1. The smallest absolute Gasteiger partial charge is 0.232 e. The van der Waals surface area contributed by atoms with Crippen LogP contribution in [0.4, 0.5) is 0 Å². The summed E-state index contributed by atoms with van der Waals surface area (Å²) >= 11 is 1.75. The van der Waals surface area contributed by atoms with Gasteiger partial charge in [-0.05, 0) is 24.5 Å². The van der Waals surface area contributed by atoms with Gasteiger partial charge in [0.05, 0.1) is 5.75 Å². The van der Waals surface area contributed by atoms with E-state index in [2.05, 4.69) is 13.8 Å². The summed E-state index contributed by atoms with van der Waals surface area (Å²) in [5.41, 5.74) is 5.76. The van der Waals surface area contributed by atoms with E-state index in [1.807, 2.05) is 4.90 Å². The molecule has 1 aliphatic rings. The third-order valence-corrected chi connectivity index (χ3v) is 3.62. The molecule has 0 aliphatic carbocycles. The van der Waals surface area contributed by atoms with E-state index in [0.29, 0.717) is 5.75 Å². The minimum Gasteiger partial charge on any atom is -0.340 e. The highest BCUT2D eigenvalue weighted by Crippen LogP contribution is 2.12. The molecular weight excluding hydrogens is 208 g/mol. The maximum Gasteiger partial charge on any atom is 0.232 e. The largest absolute Gasteiger partial charge is 0.340 e. The second-order valence-electron chi connectivity index (χ2n) is 4.62. The first-order valence-corrected chi connectivity index (χ1v) is 6.86. The highest BCUT2D eigenvalue weighted by atomic mass is 32.2. The molecule has 0 aromatic rings. The maximum absolute atomic E-state index is 11.7. The van der Waals surface area contributed by atoms with Crippen LogP contribution in [0.25, 0.3) is 0 Å². The van der Waals surface area contributed by atoms with Crippen LogP contribution in [-0.4, -0.2) is 41.4 Å². The van der Waals surface area contributed by atoms with Crippen molar-refractivity contribution in [3.05, 3.63) is 0 Å². The number of likely N-dealkylation sites (tertiary alicyclic amines) is 1. The van der Waals surface area contributed by atoms with E-state index in [-0.39, 0.29) is 11.9 Å². The van der Waals surface area contributed by atoms with Crippen molar-refractivity contribution in [3.63, 3.8) is 0 Å². The molecule has 0 radical (unpaired) electrons. The lowest BCUT2D eigenvalue weighted by Gasteiger charge is -2.15. The summed E-state index contributed by atoms with van der Waals surface area (Å²) in [5, 5.41) is 0. The summed E-state index contributed by atoms with van der Waals surface area (Å²) < 4.78 is 0. The zero-order valence-electron chi connectivity index (χ0n) is 9.74. The van der Waals surface area contributed by atoms with Crippen molar-refractivity contribution in [2.24, 2.45) is 11.7 Å². The first-order valence-electron chi connectivity index (χ1n) is 5.70. The molecule has 4 heteroatoms. The average molecular weight is 230 g/mol. The number of carbonyl (C=O) groups is 1. The molecule has 0 saturated carbocycles. The molecule has 1 amide bonds.